The zero-order chi connectivity index (χ0) is 10.6. The fourth-order valence-corrected chi connectivity index (χ4v) is 1.75. The van der Waals surface area contributed by atoms with Crippen LogP contribution in [0.3, 0.4) is 0 Å². The summed E-state index contributed by atoms with van der Waals surface area (Å²) in [6.07, 6.45) is 1.42. The Morgan fingerprint density at radius 1 is 1.64 bits per heavy atom. The summed E-state index contributed by atoms with van der Waals surface area (Å²) < 4.78 is 0. The number of amides is 1. The number of aliphatic hydroxyl groups is 2. The highest BCUT2D eigenvalue weighted by Gasteiger charge is 2.32. The van der Waals surface area contributed by atoms with Crippen LogP contribution in [-0.2, 0) is 4.79 Å². The average molecular weight is 202 g/mol. The third-order valence-electron chi connectivity index (χ3n) is 2.57. The van der Waals surface area contributed by atoms with Gasteiger partial charge in [0.25, 0.3) is 0 Å². The molecule has 0 aliphatic carbocycles. The van der Waals surface area contributed by atoms with Crippen LogP contribution >= 0.6 is 0 Å². The maximum absolute atomic E-state index is 11.1. The van der Waals surface area contributed by atoms with Gasteiger partial charge in [-0.15, -0.1) is 0 Å². The van der Waals surface area contributed by atoms with Crippen molar-refractivity contribution in [3.8, 4) is 0 Å². The van der Waals surface area contributed by atoms with Crippen LogP contribution in [0.2, 0.25) is 0 Å². The molecule has 3 N–H and O–H groups in total. The lowest BCUT2D eigenvalue weighted by Crippen LogP contribution is -2.52. The second-order valence-electron chi connectivity index (χ2n) is 3.87. The molecular weight excluding hydrogens is 184 g/mol. The minimum atomic E-state index is -1.02. The molecule has 0 aromatic heterocycles. The molecule has 0 bridgehead atoms. The van der Waals surface area contributed by atoms with Crippen LogP contribution in [-0.4, -0.2) is 59.9 Å². The Labute approximate surface area is 83.7 Å². The third kappa shape index (κ3) is 2.94. The largest absolute Gasteiger partial charge is 0.393 e. The Kier molecular flexibility index (Phi) is 3.86. The first-order chi connectivity index (χ1) is 6.59. The molecule has 1 unspecified atom stereocenters. The van der Waals surface area contributed by atoms with Gasteiger partial charge in [-0.25, -0.2) is 0 Å². The summed E-state index contributed by atoms with van der Waals surface area (Å²) in [5.41, 5.74) is -1.02. The van der Waals surface area contributed by atoms with Gasteiger partial charge >= 0.3 is 0 Å². The minimum absolute atomic E-state index is 0.0628. The van der Waals surface area contributed by atoms with E-state index >= 15 is 0 Å². The van der Waals surface area contributed by atoms with Gasteiger partial charge in [-0.05, 0) is 19.4 Å². The van der Waals surface area contributed by atoms with E-state index < -0.39 is 5.60 Å². The Hall–Kier alpha value is -0.650. The van der Waals surface area contributed by atoms with Crippen molar-refractivity contribution in [3.05, 3.63) is 0 Å². The summed E-state index contributed by atoms with van der Waals surface area (Å²) in [6, 6.07) is 0. The summed E-state index contributed by atoms with van der Waals surface area (Å²) in [5.74, 6) is -0.0628. The zero-order valence-electron chi connectivity index (χ0n) is 8.49. The van der Waals surface area contributed by atoms with Crippen molar-refractivity contribution >= 4 is 5.91 Å². The smallest absolute Gasteiger partial charge is 0.233 e. The number of rotatable bonds is 3. The van der Waals surface area contributed by atoms with Crippen molar-refractivity contribution in [3.63, 3.8) is 0 Å². The summed E-state index contributed by atoms with van der Waals surface area (Å²) >= 11 is 0. The minimum Gasteiger partial charge on any atom is -0.393 e. The maximum atomic E-state index is 11.1. The first-order valence-electron chi connectivity index (χ1n) is 4.86. The molecule has 14 heavy (non-hydrogen) atoms. The van der Waals surface area contributed by atoms with E-state index in [0.29, 0.717) is 19.5 Å². The topological polar surface area (TPSA) is 72.8 Å². The number of piperidine rings is 1. The van der Waals surface area contributed by atoms with Gasteiger partial charge in [0.1, 0.15) is 5.60 Å². The highest BCUT2D eigenvalue weighted by Crippen LogP contribution is 2.19. The predicted octanol–water partition coefficient (Wildman–Crippen LogP) is -1.45. The number of carbonyl (C=O) groups is 1. The average Bonchev–Trinajstić information content (AvgIpc) is 2.18. The molecule has 82 valence electrons. The summed E-state index contributed by atoms with van der Waals surface area (Å²) in [6.45, 7) is 1.22. The van der Waals surface area contributed by atoms with Gasteiger partial charge < -0.3 is 15.5 Å². The van der Waals surface area contributed by atoms with Crippen molar-refractivity contribution in [2.45, 2.75) is 18.4 Å². The molecule has 5 nitrogen and oxygen atoms in total. The molecule has 0 aromatic carbocycles. The van der Waals surface area contributed by atoms with Crippen LogP contribution in [0.4, 0.5) is 0 Å². The SMILES string of the molecule is CNC(=O)CN1CCCC(O)(CO)C1. The van der Waals surface area contributed by atoms with Gasteiger partial charge in [0.15, 0.2) is 0 Å². The predicted molar refractivity (Wildman–Crippen MR) is 51.8 cm³/mol. The molecule has 1 aliphatic heterocycles. The molecule has 0 aromatic rings. The van der Waals surface area contributed by atoms with E-state index in [1.54, 1.807) is 7.05 Å². The van der Waals surface area contributed by atoms with Gasteiger partial charge in [-0.1, -0.05) is 0 Å². The maximum Gasteiger partial charge on any atom is 0.233 e. The molecule has 1 rings (SSSR count). The highest BCUT2D eigenvalue weighted by molar-refractivity contribution is 5.77. The third-order valence-corrected chi connectivity index (χ3v) is 2.57. The Bertz CT molecular complexity index is 210. The number of hydrogen-bond acceptors (Lipinski definition) is 4. The molecular formula is C9H18N2O3. The van der Waals surface area contributed by atoms with E-state index in [0.717, 1.165) is 13.0 Å². The van der Waals surface area contributed by atoms with Gasteiger partial charge in [0.2, 0.25) is 5.91 Å². The summed E-state index contributed by atoms with van der Waals surface area (Å²) in [4.78, 5) is 12.9. The van der Waals surface area contributed by atoms with Crippen molar-refractivity contribution in [1.29, 1.82) is 0 Å². The van der Waals surface area contributed by atoms with E-state index in [-0.39, 0.29) is 12.5 Å². The molecule has 0 saturated carbocycles. The van der Waals surface area contributed by atoms with E-state index in [9.17, 15) is 9.90 Å². The molecule has 1 heterocycles. The first-order valence-corrected chi connectivity index (χ1v) is 4.86. The van der Waals surface area contributed by atoms with Gasteiger partial charge in [0.05, 0.1) is 13.2 Å². The number of nitrogens with zero attached hydrogens (tertiary/aromatic N) is 1. The van der Waals surface area contributed by atoms with Crippen LogP contribution in [0, 0.1) is 0 Å². The second kappa shape index (κ2) is 4.72. The molecule has 1 saturated heterocycles. The lowest BCUT2D eigenvalue weighted by atomic mass is 9.94. The number of likely N-dealkylation sites (tertiary alicyclic amines) is 1. The van der Waals surface area contributed by atoms with Crippen LogP contribution in [0.15, 0.2) is 0 Å². The fourth-order valence-electron chi connectivity index (χ4n) is 1.75. The van der Waals surface area contributed by atoms with Crippen molar-refractivity contribution in [2.75, 3.05) is 33.3 Å². The standard InChI is InChI=1S/C9H18N2O3/c1-10-8(13)5-11-4-2-3-9(14,6-11)7-12/h12,14H,2-7H2,1H3,(H,10,13). The molecule has 5 heteroatoms. The van der Waals surface area contributed by atoms with Gasteiger partial charge in [-0.2, -0.15) is 0 Å². The van der Waals surface area contributed by atoms with Gasteiger partial charge in [0, 0.05) is 13.6 Å². The highest BCUT2D eigenvalue weighted by atomic mass is 16.3. The molecule has 1 aliphatic rings. The number of carbonyl (C=O) groups excluding carboxylic acids is 1. The van der Waals surface area contributed by atoms with Crippen molar-refractivity contribution < 1.29 is 15.0 Å². The van der Waals surface area contributed by atoms with Gasteiger partial charge in [-0.3, -0.25) is 9.69 Å². The van der Waals surface area contributed by atoms with Crippen LogP contribution in [0.1, 0.15) is 12.8 Å². The van der Waals surface area contributed by atoms with E-state index in [1.807, 2.05) is 4.90 Å². The normalized spacial score (nSPS) is 28.8. The Balaban J connectivity index is 2.44. The fraction of sp³-hybridized carbons (Fsp3) is 0.889. The molecule has 1 fully saturated rings. The number of hydrogen-bond donors (Lipinski definition) is 3. The molecule has 0 spiro atoms. The van der Waals surface area contributed by atoms with Crippen LogP contribution in [0.5, 0.6) is 0 Å². The van der Waals surface area contributed by atoms with Crippen LogP contribution < -0.4 is 5.32 Å². The van der Waals surface area contributed by atoms with Crippen LogP contribution in [0.25, 0.3) is 0 Å². The Morgan fingerprint density at radius 2 is 2.36 bits per heavy atom. The summed E-state index contributed by atoms with van der Waals surface area (Å²) in [7, 11) is 1.59. The zero-order valence-corrected chi connectivity index (χ0v) is 8.49. The van der Waals surface area contributed by atoms with E-state index in [1.165, 1.54) is 0 Å². The molecule has 0 radical (unpaired) electrons. The monoisotopic (exact) mass is 202 g/mol. The number of likely N-dealkylation sites (N-methyl/N-ethyl adjacent to an activating group) is 1. The number of nitrogens with one attached hydrogen (secondary N) is 1. The second-order valence-corrected chi connectivity index (χ2v) is 3.87. The number of β-amino-alcohol motifs (C(OH)–C–C–N with tert-alkyl or cyclic N) is 1. The van der Waals surface area contributed by atoms with E-state index in [4.69, 9.17) is 5.11 Å². The molecule has 1 amide bonds. The first kappa shape index (κ1) is 11.4. The molecule has 1 atom stereocenters. The van der Waals surface area contributed by atoms with Crippen molar-refractivity contribution in [2.24, 2.45) is 0 Å². The van der Waals surface area contributed by atoms with E-state index in [2.05, 4.69) is 5.32 Å². The lowest BCUT2D eigenvalue weighted by Gasteiger charge is -2.37. The Morgan fingerprint density at radius 3 is 2.93 bits per heavy atom. The number of aliphatic hydroxyl groups excluding tert-OH is 1. The summed E-state index contributed by atoms with van der Waals surface area (Å²) in [5, 5.41) is 21.3. The van der Waals surface area contributed by atoms with Crippen molar-refractivity contribution in [1.82, 2.24) is 10.2 Å². The quantitative estimate of drug-likeness (QED) is 0.523. The lowest BCUT2D eigenvalue weighted by molar-refractivity contribution is -0.124.